The summed E-state index contributed by atoms with van der Waals surface area (Å²) in [6, 6.07) is 10.6. The van der Waals surface area contributed by atoms with E-state index in [-0.39, 0.29) is 12.5 Å². The fourth-order valence-corrected chi connectivity index (χ4v) is 4.44. The van der Waals surface area contributed by atoms with Crippen molar-refractivity contribution < 1.29 is 19.1 Å². The summed E-state index contributed by atoms with van der Waals surface area (Å²) in [6.45, 7) is 14.1. The molecule has 0 saturated carbocycles. The fraction of sp³-hybridized carbons (Fsp3) is 0.467. The van der Waals surface area contributed by atoms with Crippen molar-refractivity contribution in [3.63, 3.8) is 0 Å². The molecule has 0 aliphatic heterocycles. The molecule has 0 bridgehead atoms. The average molecular weight is 555 g/mol. The number of nitrogens with one attached hydrogen (secondary N) is 2. The van der Waals surface area contributed by atoms with Crippen molar-refractivity contribution in [1.82, 2.24) is 10.2 Å². The Morgan fingerprint density at radius 3 is 2.26 bits per heavy atom. The second-order valence-corrected chi connectivity index (χ2v) is 11.2. The summed E-state index contributed by atoms with van der Waals surface area (Å²) in [7, 11) is 0. The Morgan fingerprint density at radius 1 is 1.08 bits per heavy atom. The molecule has 2 aromatic rings. The molecule has 8 nitrogen and oxygen atoms in total. The van der Waals surface area contributed by atoms with Gasteiger partial charge in [-0.15, -0.1) is 0 Å². The van der Waals surface area contributed by atoms with Gasteiger partial charge in [-0.2, -0.15) is 5.26 Å². The van der Waals surface area contributed by atoms with Crippen LogP contribution in [-0.4, -0.2) is 41.0 Å². The van der Waals surface area contributed by atoms with Gasteiger partial charge in [-0.3, -0.25) is 9.59 Å². The first kappa shape index (κ1) is 31.6. The molecule has 0 fully saturated rings. The minimum atomic E-state index is -1.17. The number of para-hydroxylation sites is 1. The van der Waals surface area contributed by atoms with Gasteiger partial charge in [-0.25, -0.2) is 4.79 Å². The van der Waals surface area contributed by atoms with Crippen LogP contribution in [0, 0.1) is 38.0 Å². The van der Waals surface area contributed by atoms with Crippen LogP contribution in [0.4, 0.5) is 10.5 Å². The van der Waals surface area contributed by atoms with Gasteiger partial charge in [0.15, 0.2) is 0 Å². The molecule has 3 atom stereocenters. The average Bonchev–Trinajstić information content (AvgIpc) is 2.85. The predicted molar refractivity (Wildman–Crippen MR) is 153 cm³/mol. The third-order valence-corrected chi connectivity index (χ3v) is 6.96. The number of carbonyl (C=O) groups is 3. The predicted octanol–water partition coefficient (Wildman–Crippen LogP) is 6.24. The van der Waals surface area contributed by atoms with E-state index in [2.05, 4.69) is 10.6 Å². The number of amides is 3. The summed E-state index contributed by atoms with van der Waals surface area (Å²) in [5, 5.41) is 15.7. The van der Waals surface area contributed by atoms with Gasteiger partial charge in [0.1, 0.15) is 24.2 Å². The smallest absolute Gasteiger partial charge is 0.408 e. The van der Waals surface area contributed by atoms with Crippen LogP contribution in [-0.2, 0) is 14.3 Å². The van der Waals surface area contributed by atoms with Gasteiger partial charge < -0.3 is 20.3 Å². The molecule has 39 heavy (non-hydrogen) atoms. The van der Waals surface area contributed by atoms with Crippen molar-refractivity contribution in [2.75, 3.05) is 11.9 Å². The van der Waals surface area contributed by atoms with E-state index in [4.69, 9.17) is 16.3 Å². The molecule has 0 aliphatic rings. The number of halogens is 1. The third-order valence-electron chi connectivity index (χ3n) is 6.65. The lowest BCUT2D eigenvalue weighted by molar-refractivity contribution is -0.141. The van der Waals surface area contributed by atoms with Crippen LogP contribution in [0.3, 0.4) is 0 Å². The maximum atomic E-state index is 14.1. The quantitative estimate of drug-likeness (QED) is 0.356. The standard InChI is InChI=1S/C30H39ClN4O4/c1-9-18(2)25(34-29(38)39-30(6,7)8)28(37)35(17-16-32)26(22-14-10-12-19(3)21(22)5)27(36)33-24-20(4)13-11-15-23(24)31/h10-15,18,25-26H,9,17H2,1-8H3,(H,33,36)(H,34,38). The lowest BCUT2D eigenvalue weighted by Crippen LogP contribution is -2.55. The molecule has 9 heteroatoms. The Morgan fingerprint density at radius 2 is 1.69 bits per heavy atom. The zero-order chi connectivity index (χ0) is 29.5. The van der Waals surface area contributed by atoms with Crippen molar-refractivity contribution in [3.05, 3.63) is 63.7 Å². The van der Waals surface area contributed by atoms with Crippen LogP contribution in [0.15, 0.2) is 36.4 Å². The molecule has 2 N–H and O–H groups in total. The van der Waals surface area contributed by atoms with E-state index in [0.717, 1.165) is 16.7 Å². The van der Waals surface area contributed by atoms with Crippen molar-refractivity contribution >= 4 is 35.2 Å². The first-order valence-corrected chi connectivity index (χ1v) is 13.4. The van der Waals surface area contributed by atoms with Crippen LogP contribution in [0.1, 0.15) is 69.3 Å². The topological polar surface area (TPSA) is 112 Å². The van der Waals surface area contributed by atoms with E-state index >= 15 is 0 Å². The van der Waals surface area contributed by atoms with Gasteiger partial charge >= 0.3 is 6.09 Å². The van der Waals surface area contributed by atoms with Crippen LogP contribution < -0.4 is 10.6 Å². The van der Waals surface area contributed by atoms with Gasteiger partial charge in [-0.05, 0) is 75.8 Å². The van der Waals surface area contributed by atoms with E-state index in [1.165, 1.54) is 4.90 Å². The SMILES string of the molecule is CCC(C)C(NC(=O)OC(C)(C)C)C(=O)N(CC#N)C(C(=O)Nc1c(C)cccc1Cl)c1cccc(C)c1C. The van der Waals surface area contributed by atoms with Gasteiger partial charge in [0.2, 0.25) is 5.91 Å². The Labute approximate surface area is 236 Å². The summed E-state index contributed by atoms with van der Waals surface area (Å²) in [4.78, 5) is 42.0. The molecule has 0 heterocycles. The summed E-state index contributed by atoms with van der Waals surface area (Å²) >= 11 is 6.40. The highest BCUT2D eigenvalue weighted by Gasteiger charge is 2.39. The van der Waals surface area contributed by atoms with Crippen LogP contribution in [0.2, 0.25) is 5.02 Å². The van der Waals surface area contributed by atoms with Crippen molar-refractivity contribution in [2.24, 2.45) is 5.92 Å². The van der Waals surface area contributed by atoms with E-state index in [0.29, 0.717) is 22.7 Å². The minimum absolute atomic E-state index is 0.306. The molecular formula is C30H39ClN4O4. The highest BCUT2D eigenvalue weighted by atomic mass is 35.5. The van der Waals surface area contributed by atoms with Crippen LogP contribution >= 0.6 is 11.6 Å². The lowest BCUT2D eigenvalue weighted by Gasteiger charge is -2.35. The second-order valence-electron chi connectivity index (χ2n) is 10.7. The molecule has 3 unspecified atom stereocenters. The number of hydrogen-bond donors (Lipinski definition) is 2. The van der Waals surface area contributed by atoms with Crippen molar-refractivity contribution in [3.8, 4) is 6.07 Å². The molecule has 0 radical (unpaired) electrons. The number of rotatable bonds is 9. The van der Waals surface area contributed by atoms with E-state index in [9.17, 15) is 19.6 Å². The van der Waals surface area contributed by atoms with Crippen LogP contribution in [0.5, 0.6) is 0 Å². The maximum absolute atomic E-state index is 14.1. The zero-order valence-corrected chi connectivity index (χ0v) is 24.8. The fourth-order valence-electron chi connectivity index (χ4n) is 4.17. The van der Waals surface area contributed by atoms with Crippen molar-refractivity contribution in [1.29, 1.82) is 5.26 Å². The number of aryl methyl sites for hydroxylation is 2. The largest absolute Gasteiger partial charge is 0.444 e. The summed E-state index contributed by atoms with van der Waals surface area (Å²) in [5.41, 5.74) is 2.71. The van der Waals surface area contributed by atoms with E-state index in [1.54, 1.807) is 45.0 Å². The Hall–Kier alpha value is -3.57. The zero-order valence-electron chi connectivity index (χ0n) is 24.0. The molecule has 210 valence electrons. The van der Waals surface area contributed by atoms with Crippen molar-refractivity contribution in [2.45, 2.75) is 79.5 Å². The van der Waals surface area contributed by atoms with E-state index in [1.807, 2.05) is 52.8 Å². The minimum Gasteiger partial charge on any atom is -0.444 e. The monoisotopic (exact) mass is 554 g/mol. The first-order chi connectivity index (χ1) is 18.2. The second kappa shape index (κ2) is 13.5. The molecule has 0 aliphatic carbocycles. The first-order valence-electron chi connectivity index (χ1n) is 13.0. The third kappa shape index (κ3) is 8.21. The molecule has 2 rings (SSSR count). The molecule has 2 aromatic carbocycles. The summed E-state index contributed by atoms with van der Waals surface area (Å²) in [5.74, 6) is -1.39. The van der Waals surface area contributed by atoms with Gasteiger partial charge in [0, 0.05) is 0 Å². The number of ether oxygens (including phenoxy) is 1. The van der Waals surface area contributed by atoms with Crippen LogP contribution in [0.25, 0.3) is 0 Å². The number of hydrogen-bond acceptors (Lipinski definition) is 5. The van der Waals surface area contributed by atoms with Gasteiger partial charge in [0.05, 0.1) is 16.8 Å². The highest BCUT2D eigenvalue weighted by molar-refractivity contribution is 6.34. The Kier molecular flexibility index (Phi) is 10.9. The van der Waals surface area contributed by atoms with Gasteiger partial charge in [0.25, 0.3) is 5.91 Å². The molecule has 0 aromatic heterocycles. The highest BCUT2D eigenvalue weighted by Crippen LogP contribution is 2.32. The van der Waals surface area contributed by atoms with Gasteiger partial charge in [-0.1, -0.05) is 62.2 Å². The number of anilines is 1. The number of benzene rings is 2. The Balaban J connectivity index is 2.63. The maximum Gasteiger partial charge on any atom is 0.408 e. The number of carbonyl (C=O) groups excluding carboxylic acids is 3. The van der Waals surface area contributed by atoms with E-state index < -0.39 is 35.6 Å². The lowest BCUT2D eigenvalue weighted by atomic mass is 9.93. The molecule has 0 spiro atoms. The molecule has 3 amide bonds. The number of alkyl carbamates (subject to hydrolysis) is 1. The summed E-state index contributed by atoms with van der Waals surface area (Å²) < 4.78 is 5.41. The molecule has 0 saturated heterocycles. The normalized spacial score (nSPS) is 13.4. The Bertz CT molecular complexity index is 1230. The number of nitriles is 1. The number of nitrogens with zero attached hydrogens (tertiary/aromatic N) is 2. The molecular weight excluding hydrogens is 516 g/mol. The summed E-state index contributed by atoms with van der Waals surface area (Å²) in [6.07, 6.45) is -0.191.